The van der Waals surface area contributed by atoms with E-state index in [4.69, 9.17) is 14.2 Å². The first-order chi connectivity index (χ1) is 19.1. The highest BCUT2D eigenvalue weighted by Gasteiger charge is 2.27. The van der Waals surface area contributed by atoms with Crippen molar-refractivity contribution in [3.8, 4) is 0 Å². The topological polar surface area (TPSA) is 51.9 Å². The third kappa shape index (κ3) is 17.8. The Morgan fingerprint density at radius 2 is 1.48 bits per heavy atom. The van der Waals surface area contributed by atoms with E-state index in [9.17, 15) is 4.79 Å². The fourth-order valence-corrected chi connectivity index (χ4v) is 5.32. The second kappa shape index (κ2) is 24.6. The Balaban J connectivity index is 0.00000800. The van der Waals surface area contributed by atoms with Crippen molar-refractivity contribution < 1.29 is 47.5 Å². The number of ether oxygens (including phenoxy) is 3. The molecular formula is C33H59IN2O4. The highest BCUT2D eigenvalue weighted by atomic mass is 127. The van der Waals surface area contributed by atoms with Gasteiger partial charge in [0.2, 0.25) is 5.69 Å². The van der Waals surface area contributed by atoms with Gasteiger partial charge in [0.15, 0.2) is 6.20 Å². The smallest absolute Gasteiger partial charge is 0.410 e. The summed E-state index contributed by atoms with van der Waals surface area (Å²) in [5, 5.41) is 0. The molecule has 1 fully saturated rings. The van der Waals surface area contributed by atoms with Crippen LogP contribution in [0.1, 0.15) is 122 Å². The average Bonchev–Trinajstić information content (AvgIpc) is 3.40. The van der Waals surface area contributed by atoms with Gasteiger partial charge < -0.3 is 43.1 Å². The summed E-state index contributed by atoms with van der Waals surface area (Å²) in [6.07, 6.45) is 24.7. The van der Waals surface area contributed by atoms with Crippen LogP contribution in [0.3, 0.4) is 0 Å². The summed E-state index contributed by atoms with van der Waals surface area (Å²) in [7, 11) is 3.74. The fourth-order valence-electron chi connectivity index (χ4n) is 5.32. The summed E-state index contributed by atoms with van der Waals surface area (Å²) >= 11 is 0. The van der Waals surface area contributed by atoms with Gasteiger partial charge in [-0.3, -0.25) is 0 Å². The minimum atomic E-state index is -0.314. The van der Waals surface area contributed by atoms with Crippen molar-refractivity contribution in [2.75, 3.05) is 33.5 Å². The first-order valence-electron chi connectivity index (χ1n) is 16.1. The monoisotopic (exact) mass is 674 g/mol. The standard InChI is InChI=1S/C33H59N2O4.HI/c1-4-5-6-7-8-9-10-11-12-13-14-15-16-17-18-21-24-37-27-30-25-32(38-28-30)29-39-33(36)35(3)26-31-22-19-20-23-34(31)2;/h19-20,22-23,30,32H,4-18,21,24-29H2,1-3H3;1H/q+1;/p-1/t30-,32-;/m1./s1. The average molecular weight is 675 g/mol. The lowest BCUT2D eigenvalue weighted by Gasteiger charge is -2.17. The van der Waals surface area contributed by atoms with Gasteiger partial charge in [-0.15, -0.1) is 0 Å². The van der Waals surface area contributed by atoms with Gasteiger partial charge in [0.05, 0.1) is 19.3 Å². The van der Waals surface area contributed by atoms with Crippen LogP contribution in [0, 0.1) is 5.92 Å². The van der Waals surface area contributed by atoms with Crippen molar-refractivity contribution >= 4 is 6.09 Å². The third-order valence-electron chi connectivity index (χ3n) is 7.93. The molecule has 2 atom stereocenters. The number of pyridine rings is 1. The Morgan fingerprint density at radius 1 is 0.900 bits per heavy atom. The quantitative estimate of drug-likeness (QED) is 0.0955. The van der Waals surface area contributed by atoms with E-state index in [1.165, 1.54) is 96.3 Å². The summed E-state index contributed by atoms with van der Waals surface area (Å²) in [6, 6.07) is 5.96. The number of aromatic nitrogens is 1. The van der Waals surface area contributed by atoms with Crippen LogP contribution in [0.4, 0.5) is 4.79 Å². The van der Waals surface area contributed by atoms with Crippen LogP contribution in [0.15, 0.2) is 24.4 Å². The molecule has 0 radical (unpaired) electrons. The Kier molecular flexibility index (Phi) is 22.9. The van der Waals surface area contributed by atoms with Crippen LogP contribution in [0.2, 0.25) is 0 Å². The molecule has 2 rings (SSSR count). The van der Waals surface area contributed by atoms with Gasteiger partial charge in [0, 0.05) is 31.7 Å². The molecular weight excluding hydrogens is 615 g/mol. The second-order valence-electron chi connectivity index (χ2n) is 11.7. The Labute approximate surface area is 262 Å². The van der Waals surface area contributed by atoms with E-state index in [1.54, 1.807) is 11.9 Å². The zero-order valence-electron chi connectivity index (χ0n) is 25.9. The molecule has 6 nitrogen and oxygen atoms in total. The molecule has 1 amide bonds. The van der Waals surface area contributed by atoms with Crippen molar-refractivity contribution in [1.82, 2.24) is 4.90 Å². The van der Waals surface area contributed by atoms with Crippen molar-refractivity contribution in [2.24, 2.45) is 13.0 Å². The molecule has 0 aliphatic carbocycles. The predicted octanol–water partition coefficient (Wildman–Crippen LogP) is 4.77. The highest BCUT2D eigenvalue weighted by Crippen LogP contribution is 2.21. The molecule has 1 aromatic rings. The number of amides is 1. The maximum atomic E-state index is 12.4. The summed E-state index contributed by atoms with van der Waals surface area (Å²) in [5.74, 6) is 0.399. The fraction of sp³-hybridized carbons (Fsp3) is 0.818. The molecule has 40 heavy (non-hydrogen) atoms. The van der Waals surface area contributed by atoms with E-state index in [2.05, 4.69) is 6.92 Å². The lowest BCUT2D eigenvalue weighted by atomic mass is 10.0. The van der Waals surface area contributed by atoms with Gasteiger partial charge >= 0.3 is 6.09 Å². The van der Waals surface area contributed by atoms with E-state index in [-0.39, 0.29) is 36.2 Å². The number of hydrogen-bond donors (Lipinski definition) is 0. The number of aryl methyl sites for hydroxylation is 1. The number of hydrogen-bond acceptors (Lipinski definition) is 4. The normalized spacial score (nSPS) is 16.6. The molecule has 0 spiro atoms. The van der Waals surface area contributed by atoms with E-state index < -0.39 is 0 Å². The first kappa shape index (κ1) is 37.1. The van der Waals surface area contributed by atoms with Gasteiger partial charge in [-0.05, 0) is 12.8 Å². The maximum absolute atomic E-state index is 12.4. The number of unbranched alkanes of at least 4 members (excludes halogenated alkanes) is 15. The minimum absolute atomic E-state index is 0. The first-order valence-corrected chi connectivity index (χ1v) is 16.1. The Morgan fingerprint density at radius 3 is 2.05 bits per heavy atom. The summed E-state index contributed by atoms with van der Waals surface area (Å²) in [5.41, 5.74) is 1.05. The summed E-state index contributed by atoms with van der Waals surface area (Å²) in [4.78, 5) is 14.0. The lowest BCUT2D eigenvalue weighted by molar-refractivity contribution is -0.680. The third-order valence-corrected chi connectivity index (χ3v) is 7.93. The van der Waals surface area contributed by atoms with Crippen LogP contribution >= 0.6 is 0 Å². The molecule has 0 unspecified atom stereocenters. The van der Waals surface area contributed by atoms with Gasteiger partial charge in [0.1, 0.15) is 20.2 Å². The van der Waals surface area contributed by atoms with Crippen molar-refractivity contribution in [3.05, 3.63) is 30.1 Å². The number of rotatable bonds is 23. The molecule has 1 saturated heterocycles. The summed E-state index contributed by atoms with van der Waals surface area (Å²) in [6.45, 7) is 5.38. The van der Waals surface area contributed by atoms with Crippen LogP contribution in [0.25, 0.3) is 0 Å². The number of halogens is 1. The van der Waals surface area contributed by atoms with Gasteiger partial charge in [-0.1, -0.05) is 109 Å². The van der Waals surface area contributed by atoms with Crippen LogP contribution < -0.4 is 28.5 Å². The molecule has 0 bridgehead atoms. The molecule has 1 aromatic heterocycles. The SMILES string of the molecule is CCCCCCCCCCCCCCCCCCOC[C@@H]1CO[C@@H](COC(=O)N(C)Cc2cccc[n+]2C)C1.[I-]. The second-order valence-corrected chi connectivity index (χ2v) is 11.7. The van der Waals surface area contributed by atoms with Crippen LogP contribution in [-0.4, -0.2) is 50.6 Å². The molecule has 0 N–H and O–H groups in total. The molecule has 2 heterocycles. The molecule has 232 valence electrons. The molecule has 7 heteroatoms. The van der Waals surface area contributed by atoms with E-state index in [1.807, 2.05) is 36.0 Å². The highest BCUT2D eigenvalue weighted by molar-refractivity contribution is 5.67. The predicted molar refractivity (Wildman–Crippen MR) is 159 cm³/mol. The molecule has 0 aromatic carbocycles. The Hall–Kier alpha value is -0.930. The zero-order chi connectivity index (χ0) is 28.0. The van der Waals surface area contributed by atoms with Gasteiger partial charge in [0.25, 0.3) is 0 Å². The Bertz CT molecular complexity index is 751. The van der Waals surface area contributed by atoms with Gasteiger partial charge in [-0.2, -0.15) is 0 Å². The minimum Gasteiger partial charge on any atom is -1.00 e. The molecule has 1 aliphatic heterocycles. The van der Waals surface area contributed by atoms with Crippen molar-refractivity contribution in [3.63, 3.8) is 0 Å². The van der Waals surface area contributed by atoms with E-state index >= 15 is 0 Å². The number of carbonyl (C=O) groups is 1. The number of nitrogens with zero attached hydrogens (tertiary/aromatic N) is 2. The molecule has 1 aliphatic rings. The van der Waals surface area contributed by atoms with Crippen LogP contribution in [0.5, 0.6) is 0 Å². The van der Waals surface area contributed by atoms with E-state index in [0.717, 1.165) is 31.7 Å². The van der Waals surface area contributed by atoms with Crippen molar-refractivity contribution in [2.45, 2.75) is 129 Å². The lowest BCUT2D eigenvalue weighted by Crippen LogP contribution is -3.00. The van der Waals surface area contributed by atoms with Crippen LogP contribution in [-0.2, 0) is 27.8 Å². The van der Waals surface area contributed by atoms with E-state index in [0.29, 0.717) is 25.7 Å². The zero-order valence-corrected chi connectivity index (χ0v) is 28.1. The number of carbonyl (C=O) groups excluding carboxylic acids is 1. The van der Waals surface area contributed by atoms with Gasteiger partial charge in [-0.25, -0.2) is 9.36 Å². The maximum Gasteiger partial charge on any atom is 0.410 e. The van der Waals surface area contributed by atoms with Crippen molar-refractivity contribution in [1.29, 1.82) is 0 Å². The summed E-state index contributed by atoms with van der Waals surface area (Å²) < 4.78 is 19.3. The largest absolute Gasteiger partial charge is 1.00 e. The molecule has 0 saturated carbocycles.